The molecule has 3 rings (SSSR count). The maximum atomic E-state index is 12.5. The minimum absolute atomic E-state index is 0.121. The van der Waals surface area contributed by atoms with Gasteiger partial charge in [0.1, 0.15) is 11.1 Å². The van der Waals surface area contributed by atoms with Crippen molar-refractivity contribution in [1.29, 1.82) is 0 Å². The lowest BCUT2D eigenvalue weighted by Crippen LogP contribution is -2.65. The third-order valence-electron chi connectivity index (χ3n) is 4.30. The number of rotatable bonds is 0. The number of fused-ring (bicyclic) bond motifs is 2. The van der Waals surface area contributed by atoms with E-state index >= 15 is 0 Å². The zero-order valence-electron chi connectivity index (χ0n) is 10.8. The van der Waals surface area contributed by atoms with E-state index in [1.165, 1.54) is 11.4 Å². The normalized spacial score (nSPS) is 25.3. The summed E-state index contributed by atoms with van der Waals surface area (Å²) >= 11 is 0. The zero-order chi connectivity index (χ0) is 13.0. The molecule has 1 spiro atoms. The molecule has 1 saturated carbocycles. The second kappa shape index (κ2) is 3.50. The summed E-state index contributed by atoms with van der Waals surface area (Å²) in [7, 11) is 0. The van der Waals surface area contributed by atoms with Crippen molar-refractivity contribution in [1.82, 2.24) is 25.2 Å². The van der Waals surface area contributed by atoms with Gasteiger partial charge >= 0.3 is 0 Å². The third-order valence-corrected chi connectivity index (χ3v) is 4.30. The van der Waals surface area contributed by atoms with E-state index in [1.54, 1.807) is 18.5 Å². The number of tetrazole rings is 1. The first kappa shape index (κ1) is 11.6. The van der Waals surface area contributed by atoms with Gasteiger partial charge in [0, 0.05) is 0 Å². The highest BCUT2D eigenvalue weighted by Gasteiger charge is 2.55. The van der Waals surface area contributed by atoms with Gasteiger partial charge in [0.2, 0.25) is 0 Å². The summed E-state index contributed by atoms with van der Waals surface area (Å²) in [6, 6.07) is 0. The average molecular weight is 250 g/mol. The fourth-order valence-corrected chi connectivity index (χ4v) is 3.14. The minimum Gasteiger partial charge on any atom is -0.271 e. The Morgan fingerprint density at radius 1 is 1.22 bits per heavy atom. The average Bonchev–Trinajstić information content (AvgIpc) is 2.87. The van der Waals surface area contributed by atoms with Crippen LogP contribution in [0.1, 0.15) is 51.8 Å². The molecule has 2 aliphatic rings. The third kappa shape index (κ3) is 1.22. The van der Waals surface area contributed by atoms with Gasteiger partial charge in [-0.2, -0.15) is 0 Å². The van der Waals surface area contributed by atoms with E-state index in [4.69, 9.17) is 5.84 Å². The summed E-state index contributed by atoms with van der Waals surface area (Å²) < 4.78 is 1.64. The number of carbonyl (C=O) groups is 1. The molecule has 1 amide bonds. The Hall–Kier alpha value is -1.50. The molecule has 0 unspecified atom stereocenters. The minimum atomic E-state index is -0.809. The van der Waals surface area contributed by atoms with Gasteiger partial charge in [0.15, 0.2) is 5.82 Å². The van der Waals surface area contributed by atoms with Crippen LogP contribution in [0.2, 0.25) is 0 Å². The van der Waals surface area contributed by atoms with Crippen LogP contribution in [0.3, 0.4) is 0 Å². The molecule has 1 aromatic heterocycles. The van der Waals surface area contributed by atoms with E-state index in [-0.39, 0.29) is 5.91 Å². The fraction of sp³-hybridized carbons (Fsp3) is 0.818. The Balaban J connectivity index is 2.19. The summed E-state index contributed by atoms with van der Waals surface area (Å²) in [5.74, 6) is 6.72. The Labute approximate surface area is 105 Å². The Bertz CT molecular complexity index is 487. The van der Waals surface area contributed by atoms with Crippen molar-refractivity contribution in [3.05, 3.63) is 5.82 Å². The molecule has 18 heavy (non-hydrogen) atoms. The summed E-state index contributed by atoms with van der Waals surface area (Å²) in [5.41, 5.74) is -1.31. The molecule has 7 heteroatoms. The molecule has 2 heterocycles. The largest absolute Gasteiger partial charge is 0.271 e. The fourth-order valence-electron chi connectivity index (χ4n) is 3.14. The van der Waals surface area contributed by atoms with Crippen LogP contribution in [0.15, 0.2) is 0 Å². The first-order valence-corrected chi connectivity index (χ1v) is 6.39. The molecule has 1 fully saturated rings. The molecule has 98 valence electrons. The van der Waals surface area contributed by atoms with Gasteiger partial charge in [-0.15, -0.1) is 5.10 Å². The molecule has 2 N–H and O–H groups in total. The number of nitrogens with two attached hydrogens (primary N) is 1. The van der Waals surface area contributed by atoms with Crippen LogP contribution in [0, 0.1) is 0 Å². The Morgan fingerprint density at radius 3 is 2.56 bits per heavy atom. The van der Waals surface area contributed by atoms with E-state index in [0.29, 0.717) is 0 Å². The molecule has 0 aromatic carbocycles. The van der Waals surface area contributed by atoms with Gasteiger partial charge in [0.25, 0.3) is 5.91 Å². The number of hydrazine groups is 1. The molecule has 1 aliphatic carbocycles. The maximum Gasteiger partial charge on any atom is 0.264 e. The van der Waals surface area contributed by atoms with E-state index in [1.807, 2.05) is 0 Å². The van der Waals surface area contributed by atoms with Crippen LogP contribution in [0.4, 0.5) is 0 Å². The second-order valence-electron chi connectivity index (χ2n) is 5.74. The van der Waals surface area contributed by atoms with E-state index in [9.17, 15) is 4.79 Å². The van der Waals surface area contributed by atoms with Gasteiger partial charge in [-0.25, -0.2) is 10.5 Å². The van der Waals surface area contributed by atoms with E-state index in [2.05, 4.69) is 15.5 Å². The molecule has 7 nitrogen and oxygen atoms in total. The summed E-state index contributed by atoms with van der Waals surface area (Å²) in [6.07, 6.45) is 4.95. The summed E-state index contributed by atoms with van der Waals surface area (Å²) in [4.78, 5) is 12.5. The van der Waals surface area contributed by atoms with E-state index in [0.717, 1.165) is 31.5 Å². The lowest BCUT2D eigenvalue weighted by molar-refractivity contribution is -0.155. The Kier molecular flexibility index (Phi) is 2.25. The number of hydrogen-bond acceptors (Lipinski definition) is 5. The predicted molar refractivity (Wildman–Crippen MR) is 62.9 cm³/mol. The van der Waals surface area contributed by atoms with Gasteiger partial charge in [-0.1, -0.05) is 19.3 Å². The molecule has 0 saturated heterocycles. The lowest BCUT2D eigenvalue weighted by Gasteiger charge is -2.49. The lowest BCUT2D eigenvalue weighted by atomic mass is 9.77. The highest BCUT2D eigenvalue weighted by atomic mass is 16.2. The van der Waals surface area contributed by atoms with Crippen LogP contribution in [-0.2, 0) is 15.9 Å². The standard InChI is InChI=1S/C11H18N6O/c1-10(2)9(18)16(12)11(6-4-3-5-7-11)8-13-14-15-17(8)10/h3-7,12H2,1-2H3. The summed E-state index contributed by atoms with van der Waals surface area (Å²) in [6.45, 7) is 3.59. The smallest absolute Gasteiger partial charge is 0.264 e. The SMILES string of the molecule is CC1(C)C(=O)N(N)C2(CCCCC2)c2nnnn21. The zero-order valence-corrected chi connectivity index (χ0v) is 10.8. The van der Waals surface area contributed by atoms with Crippen LogP contribution in [-0.4, -0.2) is 31.1 Å². The van der Waals surface area contributed by atoms with Gasteiger partial charge in [0.05, 0.1) is 0 Å². The molecule has 0 bridgehead atoms. The highest BCUT2D eigenvalue weighted by Crippen LogP contribution is 2.44. The van der Waals surface area contributed by atoms with Crippen molar-refractivity contribution in [2.24, 2.45) is 5.84 Å². The van der Waals surface area contributed by atoms with Gasteiger partial charge in [-0.05, 0) is 37.1 Å². The monoisotopic (exact) mass is 250 g/mol. The van der Waals surface area contributed by atoms with Crippen molar-refractivity contribution in [2.75, 3.05) is 0 Å². The highest BCUT2D eigenvalue weighted by molar-refractivity contribution is 5.85. The van der Waals surface area contributed by atoms with Crippen LogP contribution >= 0.6 is 0 Å². The van der Waals surface area contributed by atoms with Crippen LogP contribution in [0.5, 0.6) is 0 Å². The van der Waals surface area contributed by atoms with Crippen molar-refractivity contribution >= 4 is 5.91 Å². The number of aromatic nitrogens is 4. The number of hydrogen-bond donors (Lipinski definition) is 1. The first-order valence-electron chi connectivity index (χ1n) is 6.39. The first-order chi connectivity index (χ1) is 8.50. The number of carbonyl (C=O) groups excluding carboxylic acids is 1. The van der Waals surface area contributed by atoms with Gasteiger partial charge in [-0.3, -0.25) is 9.80 Å². The molecule has 0 atom stereocenters. The van der Waals surface area contributed by atoms with Crippen molar-refractivity contribution < 1.29 is 4.79 Å². The molecular formula is C11H18N6O. The summed E-state index contributed by atoms with van der Waals surface area (Å²) in [5, 5.41) is 13.3. The number of nitrogens with zero attached hydrogens (tertiary/aromatic N) is 5. The van der Waals surface area contributed by atoms with Crippen LogP contribution in [0.25, 0.3) is 0 Å². The maximum absolute atomic E-state index is 12.5. The topological polar surface area (TPSA) is 89.9 Å². The quantitative estimate of drug-likeness (QED) is 0.527. The van der Waals surface area contributed by atoms with Crippen molar-refractivity contribution in [3.63, 3.8) is 0 Å². The Morgan fingerprint density at radius 2 is 1.89 bits per heavy atom. The molecule has 1 aromatic rings. The van der Waals surface area contributed by atoms with Crippen LogP contribution < -0.4 is 5.84 Å². The number of amides is 1. The molecular weight excluding hydrogens is 232 g/mol. The van der Waals surface area contributed by atoms with Crippen molar-refractivity contribution in [3.8, 4) is 0 Å². The predicted octanol–water partition coefficient (Wildman–Crippen LogP) is 0.283. The second-order valence-corrected chi connectivity index (χ2v) is 5.74. The van der Waals surface area contributed by atoms with Crippen molar-refractivity contribution in [2.45, 2.75) is 57.0 Å². The molecule has 0 radical (unpaired) electrons. The van der Waals surface area contributed by atoms with Gasteiger partial charge < -0.3 is 0 Å². The molecule has 1 aliphatic heterocycles. The van der Waals surface area contributed by atoms with E-state index < -0.39 is 11.1 Å².